The van der Waals surface area contributed by atoms with E-state index in [9.17, 15) is 4.79 Å². The van der Waals surface area contributed by atoms with Crippen molar-refractivity contribution in [3.05, 3.63) is 11.8 Å². The summed E-state index contributed by atoms with van der Waals surface area (Å²) in [5.41, 5.74) is 0.408. The van der Waals surface area contributed by atoms with E-state index in [4.69, 9.17) is 5.26 Å². The highest BCUT2D eigenvalue weighted by molar-refractivity contribution is 5.93. The Morgan fingerprint density at radius 1 is 1.73 bits per heavy atom. The number of amides is 1. The Bertz CT molecular complexity index is 425. The number of carbonyl (C=O) groups excluding carboxylic acids is 1. The molecule has 1 aliphatic rings. The fourth-order valence-electron chi connectivity index (χ4n) is 1.56. The lowest BCUT2D eigenvalue weighted by molar-refractivity contribution is -0.122. The molecular formula is C10H12N4O. The fourth-order valence-corrected chi connectivity index (χ4v) is 1.56. The van der Waals surface area contributed by atoms with Crippen molar-refractivity contribution in [2.45, 2.75) is 19.3 Å². The molecule has 1 N–H and O–H groups in total. The Labute approximate surface area is 87.7 Å². The van der Waals surface area contributed by atoms with Gasteiger partial charge in [0.2, 0.25) is 5.91 Å². The monoisotopic (exact) mass is 204 g/mol. The Morgan fingerprint density at radius 3 is 3.00 bits per heavy atom. The van der Waals surface area contributed by atoms with Crippen LogP contribution in [0.3, 0.4) is 0 Å². The van der Waals surface area contributed by atoms with Crippen LogP contribution in [-0.4, -0.2) is 15.7 Å². The zero-order valence-electron chi connectivity index (χ0n) is 8.53. The van der Waals surface area contributed by atoms with Gasteiger partial charge in [-0.05, 0) is 12.8 Å². The van der Waals surface area contributed by atoms with Gasteiger partial charge < -0.3 is 5.32 Å². The minimum atomic E-state index is 0.00125. The van der Waals surface area contributed by atoms with Gasteiger partial charge in [-0.15, -0.1) is 0 Å². The van der Waals surface area contributed by atoms with E-state index in [1.807, 2.05) is 6.07 Å². The highest BCUT2D eigenvalue weighted by atomic mass is 16.2. The summed E-state index contributed by atoms with van der Waals surface area (Å²) < 4.78 is 1.51. The predicted octanol–water partition coefficient (Wildman–Crippen LogP) is 1.03. The SMILES string of the molecule is Cn1ncc(C#N)c1NC(=O)C1CCC1. The Hall–Kier alpha value is -1.83. The molecule has 0 radical (unpaired) electrons. The molecule has 1 amide bonds. The molecule has 0 spiro atoms. The predicted molar refractivity (Wildman–Crippen MR) is 53.9 cm³/mol. The Balaban J connectivity index is 2.12. The van der Waals surface area contributed by atoms with Crippen LogP contribution in [0.1, 0.15) is 24.8 Å². The van der Waals surface area contributed by atoms with Crippen LogP contribution in [0.5, 0.6) is 0 Å². The van der Waals surface area contributed by atoms with Crippen LogP contribution in [0.15, 0.2) is 6.20 Å². The molecule has 1 fully saturated rings. The van der Waals surface area contributed by atoms with Crippen molar-refractivity contribution < 1.29 is 4.79 Å². The largest absolute Gasteiger partial charge is 0.310 e. The average Bonchev–Trinajstić information content (AvgIpc) is 2.45. The van der Waals surface area contributed by atoms with E-state index in [1.54, 1.807) is 7.05 Å². The van der Waals surface area contributed by atoms with Crippen LogP contribution in [0.2, 0.25) is 0 Å². The quantitative estimate of drug-likeness (QED) is 0.782. The molecule has 15 heavy (non-hydrogen) atoms. The van der Waals surface area contributed by atoms with Gasteiger partial charge in [0.25, 0.3) is 0 Å². The van der Waals surface area contributed by atoms with E-state index in [-0.39, 0.29) is 11.8 Å². The number of hydrogen-bond acceptors (Lipinski definition) is 3. The lowest BCUT2D eigenvalue weighted by Gasteiger charge is -2.23. The van der Waals surface area contributed by atoms with Gasteiger partial charge in [-0.25, -0.2) is 0 Å². The van der Waals surface area contributed by atoms with Crippen molar-refractivity contribution >= 4 is 11.7 Å². The molecule has 5 nitrogen and oxygen atoms in total. The molecule has 0 aromatic carbocycles. The fraction of sp³-hybridized carbons (Fsp3) is 0.500. The topological polar surface area (TPSA) is 70.7 Å². The first-order valence-electron chi connectivity index (χ1n) is 4.95. The molecule has 1 aromatic rings. The highest BCUT2D eigenvalue weighted by Crippen LogP contribution is 2.27. The minimum absolute atomic E-state index is 0.00125. The van der Waals surface area contributed by atoms with Crippen molar-refractivity contribution in [1.82, 2.24) is 9.78 Å². The first-order chi connectivity index (χ1) is 7.22. The summed E-state index contributed by atoms with van der Waals surface area (Å²) >= 11 is 0. The number of nitrogens with one attached hydrogen (secondary N) is 1. The van der Waals surface area contributed by atoms with E-state index >= 15 is 0 Å². The normalized spacial score (nSPS) is 15.5. The number of anilines is 1. The number of nitriles is 1. The molecule has 2 rings (SSSR count). The summed E-state index contributed by atoms with van der Waals surface area (Å²) in [6.07, 6.45) is 4.47. The molecule has 0 atom stereocenters. The minimum Gasteiger partial charge on any atom is -0.310 e. The summed E-state index contributed by atoms with van der Waals surface area (Å²) in [6.45, 7) is 0. The standard InChI is InChI=1S/C10H12N4O/c1-14-9(8(5-11)6-12-14)13-10(15)7-3-2-4-7/h6-7H,2-4H2,1H3,(H,13,15). The van der Waals surface area contributed by atoms with E-state index in [2.05, 4.69) is 10.4 Å². The first-order valence-corrected chi connectivity index (χ1v) is 4.95. The molecule has 1 aliphatic carbocycles. The maximum absolute atomic E-state index is 11.7. The summed E-state index contributed by atoms with van der Waals surface area (Å²) in [5, 5.41) is 15.5. The summed E-state index contributed by atoms with van der Waals surface area (Å²) in [6, 6.07) is 2.00. The van der Waals surface area contributed by atoms with Gasteiger partial charge in [-0.3, -0.25) is 9.48 Å². The number of aromatic nitrogens is 2. The van der Waals surface area contributed by atoms with Crippen molar-refractivity contribution in [1.29, 1.82) is 5.26 Å². The number of nitrogens with zero attached hydrogens (tertiary/aromatic N) is 3. The van der Waals surface area contributed by atoms with Crippen LogP contribution in [0.4, 0.5) is 5.82 Å². The van der Waals surface area contributed by atoms with Crippen LogP contribution < -0.4 is 5.32 Å². The molecule has 5 heteroatoms. The second-order valence-corrected chi connectivity index (χ2v) is 3.76. The van der Waals surface area contributed by atoms with Gasteiger partial charge in [-0.1, -0.05) is 6.42 Å². The van der Waals surface area contributed by atoms with Crippen LogP contribution in [-0.2, 0) is 11.8 Å². The second-order valence-electron chi connectivity index (χ2n) is 3.76. The van der Waals surface area contributed by atoms with E-state index in [0.29, 0.717) is 11.4 Å². The number of carbonyl (C=O) groups is 1. The number of rotatable bonds is 2. The van der Waals surface area contributed by atoms with Gasteiger partial charge in [0, 0.05) is 13.0 Å². The lowest BCUT2D eigenvalue weighted by atomic mass is 9.85. The third kappa shape index (κ3) is 1.71. The zero-order valence-corrected chi connectivity index (χ0v) is 8.53. The molecule has 1 heterocycles. The maximum atomic E-state index is 11.7. The lowest BCUT2D eigenvalue weighted by Crippen LogP contribution is -2.29. The van der Waals surface area contributed by atoms with Crippen molar-refractivity contribution in [3.63, 3.8) is 0 Å². The molecule has 1 saturated carbocycles. The van der Waals surface area contributed by atoms with E-state index in [0.717, 1.165) is 19.3 Å². The Morgan fingerprint density at radius 2 is 2.47 bits per heavy atom. The van der Waals surface area contributed by atoms with Crippen LogP contribution >= 0.6 is 0 Å². The third-order valence-electron chi connectivity index (χ3n) is 2.78. The van der Waals surface area contributed by atoms with Crippen LogP contribution in [0, 0.1) is 17.2 Å². The maximum Gasteiger partial charge on any atom is 0.228 e. The number of aryl methyl sites for hydroxylation is 1. The van der Waals surface area contributed by atoms with E-state index < -0.39 is 0 Å². The van der Waals surface area contributed by atoms with Crippen molar-refractivity contribution in [2.24, 2.45) is 13.0 Å². The zero-order chi connectivity index (χ0) is 10.8. The van der Waals surface area contributed by atoms with Gasteiger partial charge in [-0.2, -0.15) is 10.4 Å². The summed E-state index contributed by atoms with van der Waals surface area (Å²) in [4.78, 5) is 11.7. The van der Waals surface area contributed by atoms with Gasteiger partial charge in [0.15, 0.2) is 0 Å². The summed E-state index contributed by atoms with van der Waals surface area (Å²) in [7, 11) is 1.71. The van der Waals surface area contributed by atoms with Gasteiger partial charge >= 0.3 is 0 Å². The summed E-state index contributed by atoms with van der Waals surface area (Å²) in [5.74, 6) is 0.613. The first kappa shape index (κ1) is 9.71. The molecule has 0 unspecified atom stereocenters. The number of hydrogen-bond donors (Lipinski definition) is 1. The molecule has 1 aromatic heterocycles. The highest BCUT2D eigenvalue weighted by Gasteiger charge is 2.26. The smallest absolute Gasteiger partial charge is 0.228 e. The molecule has 0 aliphatic heterocycles. The third-order valence-corrected chi connectivity index (χ3v) is 2.78. The van der Waals surface area contributed by atoms with Crippen LogP contribution in [0.25, 0.3) is 0 Å². The van der Waals surface area contributed by atoms with E-state index in [1.165, 1.54) is 10.9 Å². The average molecular weight is 204 g/mol. The molecular weight excluding hydrogens is 192 g/mol. The van der Waals surface area contributed by atoms with Crippen molar-refractivity contribution in [2.75, 3.05) is 5.32 Å². The van der Waals surface area contributed by atoms with Gasteiger partial charge in [0.1, 0.15) is 17.5 Å². The van der Waals surface area contributed by atoms with Gasteiger partial charge in [0.05, 0.1) is 6.20 Å². The second kappa shape index (κ2) is 3.73. The molecule has 0 bridgehead atoms. The Kier molecular flexibility index (Phi) is 2.42. The molecule has 78 valence electrons. The van der Waals surface area contributed by atoms with Crippen molar-refractivity contribution in [3.8, 4) is 6.07 Å². The molecule has 0 saturated heterocycles.